The number of nitrogens with zero attached hydrogens (tertiary/aromatic N) is 5. The molecule has 3 atom stereocenters. The predicted molar refractivity (Wildman–Crippen MR) is 145 cm³/mol. The summed E-state index contributed by atoms with van der Waals surface area (Å²) in [6.45, 7) is 6.98. The molecule has 6 rings (SSSR count). The van der Waals surface area contributed by atoms with Gasteiger partial charge >= 0.3 is 6.09 Å². The summed E-state index contributed by atoms with van der Waals surface area (Å²) in [6, 6.07) is 3.88. The number of hydrogen-bond acceptors (Lipinski definition) is 9. The van der Waals surface area contributed by atoms with Crippen molar-refractivity contribution < 1.29 is 14.7 Å². The van der Waals surface area contributed by atoms with Crippen molar-refractivity contribution in [3.05, 3.63) is 41.7 Å². The minimum atomic E-state index is -1.41. The first kappa shape index (κ1) is 25.9. The highest BCUT2D eigenvalue weighted by atomic mass is 16.7. The largest absolute Gasteiger partial charge is 0.427 e. The molecular weight excluding hydrogens is 496 g/mol. The van der Waals surface area contributed by atoms with Crippen molar-refractivity contribution in [3.8, 4) is 0 Å². The molecule has 1 amide bonds. The number of hydrogen-bond donors (Lipinski definition) is 4. The lowest BCUT2D eigenvalue weighted by atomic mass is 9.80. The van der Waals surface area contributed by atoms with Crippen LogP contribution in [-0.4, -0.2) is 41.7 Å². The second-order valence-corrected chi connectivity index (χ2v) is 11.8. The summed E-state index contributed by atoms with van der Waals surface area (Å²) in [6.07, 6.45) is 10.4. The Hall–Kier alpha value is -3.31. The smallest absolute Gasteiger partial charge is 0.377 e. The third-order valence-electron chi connectivity index (χ3n) is 8.87. The number of aliphatic hydroxyl groups is 1. The van der Waals surface area contributed by atoms with Gasteiger partial charge in [0.2, 0.25) is 0 Å². The van der Waals surface area contributed by atoms with Crippen LogP contribution in [-0.2, 0) is 17.0 Å². The molecule has 4 N–H and O–H groups in total. The van der Waals surface area contributed by atoms with E-state index in [0.717, 1.165) is 24.3 Å². The fourth-order valence-corrected chi connectivity index (χ4v) is 6.06. The van der Waals surface area contributed by atoms with Crippen LogP contribution in [0.5, 0.6) is 0 Å². The molecule has 3 aliphatic rings. The van der Waals surface area contributed by atoms with Crippen molar-refractivity contribution in [2.75, 3.05) is 5.32 Å². The van der Waals surface area contributed by atoms with Gasteiger partial charge < -0.3 is 19.8 Å². The Kier molecular flexibility index (Phi) is 6.88. The molecule has 11 nitrogen and oxygen atoms in total. The number of carbonyl (C=O) groups excluding carboxylic acids is 1. The van der Waals surface area contributed by atoms with Crippen LogP contribution in [0.4, 0.5) is 10.6 Å². The first-order chi connectivity index (χ1) is 18.8. The van der Waals surface area contributed by atoms with Gasteiger partial charge in [0.05, 0.1) is 0 Å². The molecule has 0 bridgehead atoms. The molecule has 0 aromatic carbocycles. The van der Waals surface area contributed by atoms with E-state index in [1.165, 1.54) is 32.1 Å². The Morgan fingerprint density at radius 3 is 2.64 bits per heavy atom. The number of amides is 1. The average molecular weight is 535 g/mol. The molecule has 2 saturated carbocycles. The van der Waals surface area contributed by atoms with E-state index in [9.17, 15) is 9.90 Å². The number of pyridine rings is 1. The lowest BCUT2D eigenvalue weighted by molar-refractivity contribution is 0.0862. The van der Waals surface area contributed by atoms with E-state index >= 15 is 0 Å². The Morgan fingerprint density at radius 1 is 1.21 bits per heavy atom. The molecule has 0 radical (unpaired) electrons. The highest BCUT2D eigenvalue weighted by Crippen LogP contribution is 2.38. The maximum Gasteiger partial charge on any atom is 0.427 e. The number of nitrogens with one attached hydrogen (secondary N) is 3. The molecule has 4 heterocycles. The fraction of sp³-hybridized carbons (Fsp3) is 0.607. The number of rotatable bonds is 8. The van der Waals surface area contributed by atoms with Gasteiger partial charge in [-0.25, -0.2) is 19.7 Å². The Morgan fingerprint density at radius 2 is 2.00 bits per heavy atom. The lowest BCUT2D eigenvalue weighted by Gasteiger charge is -2.33. The van der Waals surface area contributed by atoms with Crippen molar-refractivity contribution in [2.24, 2.45) is 17.8 Å². The number of anilines is 1. The van der Waals surface area contributed by atoms with Gasteiger partial charge in [-0.1, -0.05) is 32.3 Å². The first-order valence-electron chi connectivity index (χ1n) is 14.2. The predicted octanol–water partition coefficient (Wildman–Crippen LogP) is 4.15. The molecule has 2 aliphatic carbocycles. The van der Waals surface area contributed by atoms with Crippen LogP contribution in [0, 0.1) is 17.8 Å². The summed E-state index contributed by atoms with van der Waals surface area (Å²) in [5.74, 6) is 3.28. The van der Waals surface area contributed by atoms with Crippen LogP contribution in [0.3, 0.4) is 0 Å². The summed E-state index contributed by atoms with van der Waals surface area (Å²) in [7, 11) is 0. The molecular formula is C28H38N8O3. The van der Waals surface area contributed by atoms with Gasteiger partial charge in [-0.3, -0.25) is 10.3 Å². The highest BCUT2D eigenvalue weighted by Gasteiger charge is 2.36. The third-order valence-corrected chi connectivity index (χ3v) is 8.87. The van der Waals surface area contributed by atoms with Crippen LogP contribution < -0.4 is 16.1 Å². The van der Waals surface area contributed by atoms with E-state index in [4.69, 9.17) is 19.8 Å². The second kappa shape index (κ2) is 10.3. The van der Waals surface area contributed by atoms with Crippen LogP contribution in [0.1, 0.15) is 89.1 Å². The van der Waals surface area contributed by atoms with E-state index in [-0.39, 0.29) is 6.04 Å². The van der Waals surface area contributed by atoms with E-state index in [2.05, 4.69) is 39.5 Å². The highest BCUT2D eigenvalue weighted by molar-refractivity contribution is 5.84. The van der Waals surface area contributed by atoms with E-state index < -0.39 is 17.9 Å². The molecule has 1 saturated heterocycles. The molecule has 3 fully saturated rings. The maximum absolute atomic E-state index is 12.0. The summed E-state index contributed by atoms with van der Waals surface area (Å²) < 4.78 is 2.12. The van der Waals surface area contributed by atoms with Crippen molar-refractivity contribution in [2.45, 2.75) is 90.1 Å². The van der Waals surface area contributed by atoms with Gasteiger partial charge in [0, 0.05) is 30.5 Å². The monoisotopic (exact) mass is 534 g/mol. The number of imidazole rings is 1. The lowest BCUT2D eigenvalue weighted by Crippen LogP contribution is -2.32. The van der Waals surface area contributed by atoms with Gasteiger partial charge in [-0.2, -0.15) is 0 Å². The zero-order valence-electron chi connectivity index (χ0n) is 22.9. The number of hydroxylamine groups is 1. The summed E-state index contributed by atoms with van der Waals surface area (Å²) >= 11 is 0. The molecule has 0 spiro atoms. The molecule has 3 aromatic heterocycles. The minimum absolute atomic E-state index is 0.202. The zero-order chi connectivity index (χ0) is 27.1. The van der Waals surface area contributed by atoms with Crippen LogP contribution in [0.25, 0.3) is 11.2 Å². The zero-order valence-corrected chi connectivity index (χ0v) is 22.9. The second-order valence-electron chi connectivity index (χ2n) is 11.8. The van der Waals surface area contributed by atoms with E-state index in [1.807, 2.05) is 12.1 Å². The van der Waals surface area contributed by atoms with Crippen molar-refractivity contribution in [1.29, 1.82) is 0 Å². The van der Waals surface area contributed by atoms with E-state index in [0.29, 0.717) is 47.1 Å². The van der Waals surface area contributed by atoms with Crippen molar-refractivity contribution >= 4 is 23.1 Å². The maximum atomic E-state index is 12.0. The molecule has 39 heavy (non-hydrogen) atoms. The number of carbonyl (C=O) groups is 1. The molecule has 3 aromatic rings. The van der Waals surface area contributed by atoms with Crippen LogP contribution in [0.15, 0.2) is 24.5 Å². The fourth-order valence-electron chi connectivity index (χ4n) is 6.06. The summed E-state index contributed by atoms with van der Waals surface area (Å²) in [4.78, 5) is 35.5. The number of aromatic nitrogens is 5. The summed E-state index contributed by atoms with van der Waals surface area (Å²) in [5, 5.41) is 18.3. The van der Waals surface area contributed by atoms with Gasteiger partial charge in [-0.15, -0.1) is 5.48 Å². The quantitative estimate of drug-likeness (QED) is 0.336. The van der Waals surface area contributed by atoms with Crippen LogP contribution in [0.2, 0.25) is 0 Å². The van der Waals surface area contributed by atoms with Gasteiger partial charge in [0.1, 0.15) is 16.9 Å². The van der Waals surface area contributed by atoms with Crippen molar-refractivity contribution in [1.82, 2.24) is 35.3 Å². The SMILES string of the molecule is CC1CCC(Cn2c(C(C)(O)c3cccnc3)nc3nc(C4NOC(=O)N4)nc(N[C@H](C)C4CCC4)c32)CC1. The molecule has 208 valence electrons. The average Bonchev–Trinajstić information content (AvgIpc) is 3.49. The first-order valence-corrected chi connectivity index (χ1v) is 14.2. The third kappa shape index (κ3) is 5.05. The molecule has 11 heteroatoms. The molecule has 1 aliphatic heterocycles. The van der Waals surface area contributed by atoms with E-state index in [1.54, 1.807) is 19.3 Å². The van der Waals surface area contributed by atoms with Gasteiger partial charge in [-0.05, 0) is 63.4 Å². The van der Waals surface area contributed by atoms with Crippen LogP contribution >= 0.6 is 0 Å². The topological polar surface area (TPSA) is 139 Å². The van der Waals surface area contributed by atoms with Crippen molar-refractivity contribution in [3.63, 3.8) is 0 Å². The summed E-state index contributed by atoms with van der Waals surface area (Å²) in [5.41, 5.74) is 3.14. The Balaban J connectivity index is 1.50. The Labute approximate surface area is 228 Å². The minimum Gasteiger partial charge on any atom is -0.377 e. The van der Waals surface area contributed by atoms with Gasteiger partial charge in [0.15, 0.2) is 23.5 Å². The van der Waals surface area contributed by atoms with Gasteiger partial charge in [0.25, 0.3) is 0 Å². The standard InChI is InChI=1S/C28H38N8O3/c1-16-9-11-18(12-10-16)15-36-21-22(30-17(2)19-6-4-7-19)31-24(25-34-27(37)39-35-25)32-23(21)33-26(36)28(3,38)20-8-5-13-29-14-20/h5,8,13-14,16-19,25,35,38H,4,6-7,9-12,15H2,1-3H3,(H,34,37)(H,30,31,32)/t16?,17-,18?,25?,28?/m1/s1. The Bertz CT molecular complexity index is 1330. The number of fused-ring (bicyclic) bond motifs is 1. The molecule has 2 unspecified atom stereocenters. The normalized spacial score (nSPS) is 25.9.